The molecule has 0 fully saturated rings. The van der Waals surface area contributed by atoms with Crippen LogP contribution in [0.4, 0.5) is 5.69 Å². The van der Waals surface area contributed by atoms with E-state index >= 15 is 0 Å². The van der Waals surface area contributed by atoms with Crippen LogP contribution in [0.2, 0.25) is 0 Å². The highest BCUT2D eigenvalue weighted by atomic mass is 16.2. The smallest absolute Gasteiger partial charge is 0.241 e. The van der Waals surface area contributed by atoms with Gasteiger partial charge in [-0.2, -0.15) is 5.26 Å². The summed E-state index contributed by atoms with van der Waals surface area (Å²) in [6, 6.07) is 17.4. The molecule has 2 aromatic rings. The van der Waals surface area contributed by atoms with Crippen LogP contribution in [-0.4, -0.2) is 11.9 Å². The highest BCUT2D eigenvalue weighted by Gasteiger charge is 2.22. The van der Waals surface area contributed by atoms with E-state index in [0.29, 0.717) is 17.2 Å². The second-order valence-corrected chi connectivity index (χ2v) is 6.85. The van der Waals surface area contributed by atoms with Crippen molar-refractivity contribution in [2.75, 3.05) is 5.32 Å². The molecule has 0 aliphatic carbocycles. The zero-order valence-corrected chi connectivity index (χ0v) is 15.9. The fourth-order valence-electron chi connectivity index (χ4n) is 2.91. The van der Waals surface area contributed by atoms with Crippen molar-refractivity contribution in [3.63, 3.8) is 0 Å². The third kappa shape index (κ3) is 4.93. The maximum atomic E-state index is 12.6. The SMILES string of the molecule is CCc1ccc([C@@H](N[C@@H](C)C(=O)Nc2ccccc2C#N)C(C)C)cc1. The molecule has 1 amide bonds. The second-order valence-electron chi connectivity index (χ2n) is 6.85. The van der Waals surface area contributed by atoms with Gasteiger partial charge in [-0.1, -0.05) is 57.2 Å². The first-order chi connectivity index (χ1) is 12.5. The lowest BCUT2D eigenvalue weighted by Gasteiger charge is -2.27. The van der Waals surface area contributed by atoms with E-state index in [0.717, 1.165) is 6.42 Å². The van der Waals surface area contributed by atoms with Gasteiger partial charge in [0.1, 0.15) is 6.07 Å². The van der Waals surface area contributed by atoms with E-state index in [1.54, 1.807) is 24.3 Å². The molecular weight excluding hydrogens is 322 g/mol. The lowest BCUT2D eigenvalue weighted by atomic mass is 9.94. The van der Waals surface area contributed by atoms with E-state index in [2.05, 4.69) is 61.7 Å². The Morgan fingerprint density at radius 2 is 1.73 bits per heavy atom. The zero-order chi connectivity index (χ0) is 19.1. The van der Waals surface area contributed by atoms with E-state index in [4.69, 9.17) is 5.26 Å². The zero-order valence-electron chi connectivity index (χ0n) is 15.9. The summed E-state index contributed by atoms with van der Waals surface area (Å²) in [6.07, 6.45) is 1.01. The highest BCUT2D eigenvalue weighted by Crippen LogP contribution is 2.23. The molecule has 136 valence electrons. The van der Waals surface area contributed by atoms with Gasteiger partial charge in [0.15, 0.2) is 0 Å². The number of aryl methyl sites for hydroxylation is 1. The molecular formula is C22H27N3O. The molecule has 2 atom stereocenters. The molecule has 2 rings (SSSR count). The van der Waals surface area contributed by atoms with Crippen molar-refractivity contribution in [3.05, 3.63) is 65.2 Å². The van der Waals surface area contributed by atoms with Gasteiger partial charge in [0.05, 0.1) is 17.3 Å². The van der Waals surface area contributed by atoms with Gasteiger partial charge in [0.25, 0.3) is 0 Å². The molecule has 26 heavy (non-hydrogen) atoms. The minimum Gasteiger partial charge on any atom is -0.324 e. The molecule has 0 bridgehead atoms. The Morgan fingerprint density at radius 1 is 1.08 bits per heavy atom. The number of nitrogens with zero attached hydrogens (tertiary/aromatic N) is 1. The van der Waals surface area contributed by atoms with Gasteiger partial charge >= 0.3 is 0 Å². The number of amides is 1. The van der Waals surface area contributed by atoms with Gasteiger partial charge in [0.2, 0.25) is 5.91 Å². The summed E-state index contributed by atoms with van der Waals surface area (Å²) in [7, 11) is 0. The molecule has 4 heteroatoms. The molecule has 0 saturated carbocycles. The lowest BCUT2D eigenvalue weighted by Crippen LogP contribution is -2.41. The first-order valence-electron chi connectivity index (χ1n) is 9.11. The maximum Gasteiger partial charge on any atom is 0.241 e. The van der Waals surface area contributed by atoms with Crippen LogP contribution >= 0.6 is 0 Å². The summed E-state index contributed by atoms with van der Waals surface area (Å²) >= 11 is 0. The summed E-state index contributed by atoms with van der Waals surface area (Å²) in [5.41, 5.74) is 3.48. The van der Waals surface area contributed by atoms with Crippen LogP contribution in [0.1, 0.15) is 50.4 Å². The Morgan fingerprint density at radius 3 is 2.31 bits per heavy atom. The summed E-state index contributed by atoms with van der Waals surface area (Å²) in [4.78, 5) is 12.6. The van der Waals surface area contributed by atoms with Crippen LogP contribution in [0, 0.1) is 17.2 Å². The third-order valence-electron chi connectivity index (χ3n) is 4.54. The largest absolute Gasteiger partial charge is 0.324 e. The number of para-hydroxylation sites is 1. The summed E-state index contributed by atoms with van der Waals surface area (Å²) in [5.74, 6) is 0.188. The number of benzene rings is 2. The van der Waals surface area contributed by atoms with E-state index in [-0.39, 0.29) is 18.0 Å². The Bertz CT molecular complexity index is 775. The summed E-state index contributed by atoms with van der Waals surface area (Å²) in [5, 5.41) is 15.4. The van der Waals surface area contributed by atoms with Crippen LogP contribution < -0.4 is 10.6 Å². The molecule has 0 spiro atoms. The van der Waals surface area contributed by atoms with E-state index < -0.39 is 0 Å². The number of nitriles is 1. The molecule has 0 aliphatic heterocycles. The van der Waals surface area contributed by atoms with E-state index in [1.807, 2.05) is 6.92 Å². The molecule has 4 nitrogen and oxygen atoms in total. The summed E-state index contributed by atoms with van der Waals surface area (Å²) in [6.45, 7) is 8.26. The Labute approximate surface area is 156 Å². The van der Waals surface area contributed by atoms with Crippen LogP contribution in [-0.2, 0) is 11.2 Å². The van der Waals surface area contributed by atoms with Crippen LogP contribution in [0.25, 0.3) is 0 Å². The van der Waals surface area contributed by atoms with Crippen LogP contribution in [0.15, 0.2) is 48.5 Å². The van der Waals surface area contributed by atoms with Gasteiger partial charge in [0, 0.05) is 6.04 Å². The second kappa shape index (κ2) is 9.17. The number of hydrogen-bond acceptors (Lipinski definition) is 3. The van der Waals surface area contributed by atoms with Gasteiger partial charge in [-0.25, -0.2) is 0 Å². The first-order valence-corrected chi connectivity index (χ1v) is 9.11. The van der Waals surface area contributed by atoms with Crippen molar-refractivity contribution in [2.45, 2.75) is 46.2 Å². The lowest BCUT2D eigenvalue weighted by molar-refractivity contribution is -0.118. The molecule has 0 saturated heterocycles. The molecule has 0 radical (unpaired) electrons. The molecule has 0 heterocycles. The number of carbonyl (C=O) groups is 1. The highest BCUT2D eigenvalue weighted by molar-refractivity contribution is 5.95. The van der Waals surface area contributed by atoms with Gasteiger partial charge < -0.3 is 5.32 Å². The predicted octanol–water partition coefficient (Wildman–Crippen LogP) is 4.43. The fraction of sp³-hybridized carbons (Fsp3) is 0.364. The quantitative estimate of drug-likeness (QED) is 0.777. The monoisotopic (exact) mass is 349 g/mol. The Hall–Kier alpha value is -2.64. The van der Waals surface area contributed by atoms with Crippen molar-refractivity contribution in [1.29, 1.82) is 5.26 Å². The molecule has 2 N–H and O–H groups in total. The minimum absolute atomic E-state index is 0.0767. The van der Waals surface area contributed by atoms with Crippen molar-refractivity contribution < 1.29 is 4.79 Å². The van der Waals surface area contributed by atoms with Crippen molar-refractivity contribution in [1.82, 2.24) is 5.32 Å². The first kappa shape index (κ1) is 19.7. The average Bonchev–Trinajstić information content (AvgIpc) is 2.66. The molecule has 0 unspecified atom stereocenters. The fourth-order valence-corrected chi connectivity index (χ4v) is 2.91. The van der Waals surface area contributed by atoms with Gasteiger partial charge in [-0.3, -0.25) is 10.1 Å². The molecule has 0 aromatic heterocycles. The van der Waals surface area contributed by atoms with Crippen molar-refractivity contribution in [3.8, 4) is 6.07 Å². The minimum atomic E-state index is -0.389. The number of hydrogen-bond donors (Lipinski definition) is 2. The maximum absolute atomic E-state index is 12.6. The number of anilines is 1. The standard InChI is InChI=1S/C22H27N3O/c1-5-17-10-12-18(13-11-17)21(15(2)3)24-16(4)22(26)25-20-9-7-6-8-19(20)14-23/h6-13,15-16,21,24H,5H2,1-4H3,(H,25,26)/t16-,21-/m0/s1. The third-order valence-corrected chi connectivity index (χ3v) is 4.54. The van der Waals surface area contributed by atoms with Gasteiger partial charge in [-0.05, 0) is 42.5 Å². The summed E-state index contributed by atoms with van der Waals surface area (Å²) < 4.78 is 0. The number of rotatable bonds is 7. The Kier molecular flexibility index (Phi) is 6.94. The predicted molar refractivity (Wildman–Crippen MR) is 106 cm³/mol. The molecule has 0 aliphatic rings. The number of nitrogens with one attached hydrogen (secondary N) is 2. The Balaban J connectivity index is 2.10. The van der Waals surface area contributed by atoms with Crippen LogP contribution in [0.5, 0.6) is 0 Å². The van der Waals surface area contributed by atoms with E-state index in [1.165, 1.54) is 11.1 Å². The van der Waals surface area contributed by atoms with Crippen molar-refractivity contribution in [2.24, 2.45) is 5.92 Å². The van der Waals surface area contributed by atoms with Crippen molar-refractivity contribution >= 4 is 11.6 Å². The van der Waals surface area contributed by atoms with E-state index in [9.17, 15) is 4.79 Å². The number of carbonyl (C=O) groups excluding carboxylic acids is 1. The normalized spacial score (nSPS) is 13.1. The topological polar surface area (TPSA) is 64.9 Å². The molecule has 2 aromatic carbocycles. The van der Waals surface area contributed by atoms with Crippen LogP contribution in [0.3, 0.4) is 0 Å². The van der Waals surface area contributed by atoms with Gasteiger partial charge in [-0.15, -0.1) is 0 Å². The average molecular weight is 349 g/mol.